The Morgan fingerprint density at radius 1 is 1.12 bits per heavy atom. The van der Waals surface area contributed by atoms with Crippen molar-refractivity contribution >= 4 is 33.2 Å². The number of nitrogens with one attached hydrogen (secondary N) is 1. The summed E-state index contributed by atoms with van der Waals surface area (Å²) in [6, 6.07) is 11.4. The zero-order valence-electron chi connectivity index (χ0n) is 22.8. The number of nitrogens with zero attached hydrogens (tertiary/aromatic N) is 1. The number of sulfonamides is 1. The topological polar surface area (TPSA) is 95.9 Å². The van der Waals surface area contributed by atoms with Crippen LogP contribution in [0.15, 0.2) is 48.6 Å². The minimum atomic E-state index is -3.82. The molecule has 1 fully saturated rings. The molecule has 214 valence electrons. The van der Waals surface area contributed by atoms with Gasteiger partial charge in [0.05, 0.1) is 24.2 Å². The molecular weight excluding hydrogens is 548 g/mol. The Morgan fingerprint density at radius 3 is 2.77 bits per heavy atom. The molecule has 40 heavy (non-hydrogen) atoms. The van der Waals surface area contributed by atoms with Crippen LogP contribution in [0.1, 0.15) is 60.5 Å². The van der Waals surface area contributed by atoms with Crippen LogP contribution < -0.4 is 14.4 Å². The summed E-state index contributed by atoms with van der Waals surface area (Å²) >= 11 is 6.37. The Morgan fingerprint density at radius 2 is 1.98 bits per heavy atom. The predicted molar refractivity (Wildman–Crippen MR) is 157 cm³/mol. The van der Waals surface area contributed by atoms with Gasteiger partial charge in [-0.25, -0.2) is 13.1 Å². The first kappa shape index (κ1) is 27.6. The highest BCUT2D eigenvalue weighted by molar-refractivity contribution is 7.90. The Hall–Kier alpha value is -2.55. The lowest BCUT2D eigenvalue weighted by molar-refractivity contribution is 0.0454. The Kier molecular flexibility index (Phi) is 7.38. The summed E-state index contributed by atoms with van der Waals surface area (Å²) in [6.07, 6.45) is 8.47. The summed E-state index contributed by atoms with van der Waals surface area (Å²) in [4.78, 5) is 15.4. The molecular formula is C31H37ClN2O5S. The maximum absolute atomic E-state index is 13.1. The molecule has 1 spiro atoms. The molecule has 4 aliphatic rings. The van der Waals surface area contributed by atoms with E-state index in [1.54, 1.807) is 18.2 Å². The molecule has 2 aliphatic heterocycles. The first-order chi connectivity index (χ1) is 19.1. The second kappa shape index (κ2) is 10.7. The normalized spacial score (nSPS) is 32.5. The molecule has 2 N–H and O–H groups in total. The first-order valence-electron chi connectivity index (χ1n) is 14.3. The zero-order valence-corrected chi connectivity index (χ0v) is 24.4. The fourth-order valence-electron chi connectivity index (χ4n) is 6.94. The molecule has 1 amide bonds. The summed E-state index contributed by atoms with van der Waals surface area (Å²) in [7, 11) is -3.82. The van der Waals surface area contributed by atoms with E-state index in [-0.39, 0.29) is 34.5 Å². The van der Waals surface area contributed by atoms with E-state index >= 15 is 0 Å². The molecule has 2 aliphatic carbocycles. The van der Waals surface area contributed by atoms with Crippen LogP contribution in [0.5, 0.6) is 5.75 Å². The van der Waals surface area contributed by atoms with E-state index < -0.39 is 22.0 Å². The second-order valence-electron chi connectivity index (χ2n) is 12.2. The van der Waals surface area contributed by atoms with Crippen LogP contribution in [-0.2, 0) is 21.9 Å². The number of carbonyl (C=O) groups is 1. The minimum Gasteiger partial charge on any atom is -0.490 e. The van der Waals surface area contributed by atoms with Crippen molar-refractivity contribution in [1.82, 2.24) is 4.72 Å². The van der Waals surface area contributed by atoms with Gasteiger partial charge >= 0.3 is 0 Å². The van der Waals surface area contributed by atoms with Gasteiger partial charge in [0.15, 0.2) is 0 Å². The smallest absolute Gasteiger partial charge is 0.264 e. The van der Waals surface area contributed by atoms with Gasteiger partial charge in [0, 0.05) is 29.1 Å². The number of aryl methyl sites for hydroxylation is 1. The number of halogens is 1. The summed E-state index contributed by atoms with van der Waals surface area (Å²) in [5.74, 6) is 0.263. The van der Waals surface area contributed by atoms with Crippen LogP contribution in [0.25, 0.3) is 0 Å². The highest BCUT2D eigenvalue weighted by Crippen LogP contribution is 2.46. The minimum absolute atomic E-state index is 0.0406. The lowest BCUT2D eigenvalue weighted by Crippen LogP contribution is -2.49. The van der Waals surface area contributed by atoms with E-state index in [1.807, 2.05) is 25.1 Å². The monoisotopic (exact) mass is 584 g/mol. The van der Waals surface area contributed by atoms with Crippen molar-refractivity contribution in [2.75, 3.05) is 30.3 Å². The number of aliphatic hydroxyl groups excluding tert-OH is 1. The van der Waals surface area contributed by atoms with E-state index in [4.69, 9.17) is 16.3 Å². The summed E-state index contributed by atoms with van der Waals surface area (Å²) in [5.41, 5.74) is 3.34. The number of benzene rings is 2. The molecule has 2 bridgehead atoms. The predicted octanol–water partition coefficient (Wildman–Crippen LogP) is 4.86. The molecule has 9 heteroatoms. The maximum Gasteiger partial charge on any atom is 0.264 e. The van der Waals surface area contributed by atoms with Crippen molar-refractivity contribution in [2.24, 2.45) is 17.8 Å². The number of carbonyl (C=O) groups excluding carboxylic acids is 1. The molecule has 7 nitrogen and oxygen atoms in total. The van der Waals surface area contributed by atoms with Crippen LogP contribution in [0, 0.1) is 17.8 Å². The Labute approximate surface area is 241 Å². The van der Waals surface area contributed by atoms with E-state index in [2.05, 4.69) is 21.8 Å². The standard InChI is InChI=1S/C31H37ClN2O5S/c1-20-4-10-28(35)25-8-5-23(25)17-34-18-31(13-2-3-21-15-24(32)7-9-26(21)31)19-39-29-11-6-22(16-27(29)34)30(36)33-40(37,38)14-12-20/h4,6-7,9-11,15-16,20,23,25,28,35H,2-3,5,8,12-14,17-19H2,1H3,(H,33,36)/b10-4-/t20-,23+,25-,28+,31+/m1/s1. The van der Waals surface area contributed by atoms with Gasteiger partial charge in [-0.05, 0) is 97.7 Å². The molecule has 0 saturated heterocycles. The van der Waals surface area contributed by atoms with Crippen molar-refractivity contribution in [2.45, 2.75) is 57.0 Å². The largest absolute Gasteiger partial charge is 0.490 e. The van der Waals surface area contributed by atoms with Gasteiger partial charge in [-0.2, -0.15) is 0 Å². The highest BCUT2D eigenvalue weighted by Gasteiger charge is 2.44. The maximum atomic E-state index is 13.1. The van der Waals surface area contributed by atoms with Crippen LogP contribution in [0.2, 0.25) is 5.02 Å². The van der Waals surface area contributed by atoms with Crippen molar-refractivity contribution in [3.63, 3.8) is 0 Å². The van der Waals surface area contributed by atoms with Crippen molar-refractivity contribution < 1.29 is 23.1 Å². The quantitative estimate of drug-likeness (QED) is 0.430. The van der Waals surface area contributed by atoms with Crippen LogP contribution in [0.3, 0.4) is 0 Å². The summed E-state index contributed by atoms with van der Waals surface area (Å²) in [5, 5.41) is 11.8. The SMILES string of the molecule is C[C@@H]1/C=C\[C@H](O)[C@@H]2CC[C@H]2CN2C[C@@]3(CCCc4cc(Cl)ccc43)COc3ccc(cc32)C(=O)NS(=O)(=O)CC1. The van der Waals surface area contributed by atoms with Gasteiger partial charge in [-0.15, -0.1) is 0 Å². The molecule has 0 radical (unpaired) electrons. The third-order valence-electron chi connectivity index (χ3n) is 9.40. The van der Waals surface area contributed by atoms with Crippen molar-refractivity contribution in [3.05, 3.63) is 70.3 Å². The number of anilines is 1. The molecule has 2 heterocycles. The number of amides is 1. The number of fused-ring (bicyclic) bond motifs is 4. The zero-order chi connectivity index (χ0) is 28.1. The van der Waals surface area contributed by atoms with Crippen molar-refractivity contribution in [1.29, 1.82) is 0 Å². The molecule has 5 atom stereocenters. The average molecular weight is 585 g/mol. The van der Waals surface area contributed by atoms with Gasteiger partial charge in [0.1, 0.15) is 5.75 Å². The third-order valence-corrected chi connectivity index (χ3v) is 10.9. The Bertz CT molecular complexity index is 1440. The average Bonchev–Trinajstić information content (AvgIpc) is 3.05. The molecule has 1 saturated carbocycles. The van der Waals surface area contributed by atoms with E-state index in [0.29, 0.717) is 25.3 Å². The fourth-order valence-corrected chi connectivity index (χ4v) is 8.32. The summed E-state index contributed by atoms with van der Waals surface area (Å²) in [6.45, 7) is 3.85. The molecule has 2 aromatic carbocycles. The Balaban J connectivity index is 1.42. The molecule has 0 aromatic heterocycles. The van der Waals surface area contributed by atoms with Gasteiger partial charge in [0.25, 0.3) is 5.91 Å². The fraction of sp³-hybridized carbons (Fsp3) is 0.516. The van der Waals surface area contributed by atoms with E-state index in [9.17, 15) is 18.3 Å². The van der Waals surface area contributed by atoms with Crippen LogP contribution in [0.4, 0.5) is 5.69 Å². The molecule has 0 unspecified atom stereocenters. The third kappa shape index (κ3) is 5.38. The second-order valence-corrected chi connectivity index (χ2v) is 14.5. The van der Waals surface area contributed by atoms with Crippen LogP contribution >= 0.6 is 11.6 Å². The molecule has 2 aromatic rings. The van der Waals surface area contributed by atoms with E-state index in [0.717, 1.165) is 49.4 Å². The van der Waals surface area contributed by atoms with Gasteiger partial charge in [-0.3, -0.25) is 4.79 Å². The van der Waals surface area contributed by atoms with Gasteiger partial charge < -0.3 is 14.7 Å². The molecule has 6 rings (SSSR count). The van der Waals surface area contributed by atoms with Gasteiger partial charge in [0.2, 0.25) is 10.0 Å². The van der Waals surface area contributed by atoms with E-state index in [1.165, 1.54) is 11.1 Å². The summed E-state index contributed by atoms with van der Waals surface area (Å²) < 4.78 is 34.2. The van der Waals surface area contributed by atoms with Gasteiger partial charge in [-0.1, -0.05) is 36.7 Å². The number of rotatable bonds is 0. The lowest BCUT2D eigenvalue weighted by atomic mass is 9.68. The number of allylic oxidation sites excluding steroid dienone is 1. The lowest BCUT2D eigenvalue weighted by Gasteiger charge is -2.45. The van der Waals surface area contributed by atoms with Crippen LogP contribution in [-0.4, -0.2) is 51.0 Å². The number of hydrogen-bond acceptors (Lipinski definition) is 6. The van der Waals surface area contributed by atoms with Crippen molar-refractivity contribution in [3.8, 4) is 5.75 Å². The number of ether oxygens (including phenoxy) is 1. The number of aliphatic hydroxyl groups is 1. The highest BCUT2D eigenvalue weighted by atomic mass is 35.5. The first-order valence-corrected chi connectivity index (χ1v) is 16.4. The number of hydrogen-bond donors (Lipinski definition) is 2.